The van der Waals surface area contributed by atoms with Crippen molar-refractivity contribution in [3.63, 3.8) is 0 Å². The van der Waals surface area contributed by atoms with Gasteiger partial charge in [-0.3, -0.25) is 9.59 Å². The lowest BCUT2D eigenvalue weighted by molar-refractivity contribution is 0.0922. The fourth-order valence-corrected chi connectivity index (χ4v) is 2.87. The number of thiophene rings is 2. The van der Waals surface area contributed by atoms with Crippen LogP contribution >= 0.6 is 22.7 Å². The fourth-order valence-electron chi connectivity index (χ4n) is 1.57. The lowest BCUT2D eigenvalue weighted by Gasteiger charge is -2.11. The topological polar surface area (TPSA) is 46.2 Å². The lowest BCUT2D eigenvalue weighted by atomic mass is 10.1. The SMILES string of the molecule is C[C@@H](CC(=O)c1cccs1)NC(=O)c1cccs1. The Balaban J connectivity index is 1.87. The van der Waals surface area contributed by atoms with Crippen LogP contribution in [0.25, 0.3) is 0 Å². The molecule has 1 atom stereocenters. The Kier molecular flexibility index (Phi) is 4.28. The summed E-state index contributed by atoms with van der Waals surface area (Å²) in [5.41, 5.74) is 0. The molecule has 2 heterocycles. The van der Waals surface area contributed by atoms with Crippen LogP contribution in [0, 0.1) is 0 Å². The molecule has 2 aromatic rings. The van der Waals surface area contributed by atoms with Crippen LogP contribution in [0.15, 0.2) is 35.0 Å². The number of Topliss-reactive ketones (excluding diaryl/α,β-unsaturated/α-hetero) is 1. The van der Waals surface area contributed by atoms with Crippen molar-refractivity contribution in [3.05, 3.63) is 44.8 Å². The van der Waals surface area contributed by atoms with Crippen LogP contribution in [-0.2, 0) is 0 Å². The van der Waals surface area contributed by atoms with E-state index in [4.69, 9.17) is 0 Å². The number of rotatable bonds is 5. The highest BCUT2D eigenvalue weighted by Gasteiger charge is 2.15. The molecule has 3 nitrogen and oxygen atoms in total. The van der Waals surface area contributed by atoms with Crippen molar-refractivity contribution in [1.29, 1.82) is 0 Å². The quantitative estimate of drug-likeness (QED) is 0.854. The molecule has 1 N–H and O–H groups in total. The number of carbonyl (C=O) groups is 2. The molecular formula is C13H13NO2S2. The van der Waals surface area contributed by atoms with E-state index in [2.05, 4.69) is 5.32 Å². The molecule has 0 aliphatic carbocycles. The minimum absolute atomic E-state index is 0.0731. The van der Waals surface area contributed by atoms with Crippen LogP contribution in [0.3, 0.4) is 0 Å². The van der Waals surface area contributed by atoms with Crippen molar-refractivity contribution < 1.29 is 9.59 Å². The second kappa shape index (κ2) is 5.93. The first-order valence-electron chi connectivity index (χ1n) is 5.58. The Bertz CT molecular complexity index is 469. The molecule has 2 aromatic heterocycles. The largest absolute Gasteiger partial charge is 0.348 e. The van der Waals surface area contributed by atoms with Crippen molar-refractivity contribution in [3.8, 4) is 0 Å². The third-order valence-electron chi connectivity index (χ3n) is 2.41. The number of hydrogen-bond donors (Lipinski definition) is 1. The first-order chi connectivity index (χ1) is 8.66. The molecule has 0 bridgehead atoms. The monoisotopic (exact) mass is 279 g/mol. The van der Waals surface area contributed by atoms with Crippen molar-refractivity contribution in [1.82, 2.24) is 5.32 Å². The molecule has 0 radical (unpaired) electrons. The van der Waals surface area contributed by atoms with Gasteiger partial charge in [-0.15, -0.1) is 22.7 Å². The summed E-state index contributed by atoms with van der Waals surface area (Å²) >= 11 is 2.82. The smallest absolute Gasteiger partial charge is 0.261 e. The van der Waals surface area contributed by atoms with E-state index >= 15 is 0 Å². The minimum atomic E-state index is -0.158. The zero-order valence-electron chi connectivity index (χ0n) is 9.88. The molecule has 2 rings (SSSR count). The summed E-state index contributed by atoms with van der Waals surface area (Å²) in [6.45, 7) is 1.84. The van der Waals surface area contributed by atoms with Gasteiger partial charge in [-0.05, 0) is 29.8 Å². The summed E-state index contributed by atoms with van der Waals surface area (Å²) in [4.78, 5) is 25.0. The highest BCUT2D eigenvalue weighted by Crippen LogP contribution is 2.13. The number of ketones is 1. The first-order valence-corrected chi connectivity index (χ1v) is 7.34. The summed E-state index contributed by atoms with van der Waals surface area (Å²) in [6.07, 6.45) is 0.331. The van der Waals surface area contributed by atoms with Crippen LogP contribution in [0.4, 0.5) is 0 Å². The molecular weight excluding hydrogens is 266 g/mol. The van der Waals surface area contributed by atoms with Gasteiger partial charge in [0.15, 0.2) is 5.78 Å². The Morgan fingerprint density at radius 2 is 1.78 bits per heavy atom. The molecule has 0 spiro atoms. The van der Waals surface area contributed by atoms with E-state index in [-0.39, 0.29) is 17.7 Å². The van der Waals surface area contributed by atoms with E-state index < -0.39 is 0 Å². The molecule has 0 aromatic carbocycles. The van der Waals surface area contributed by atoms with Gasteiger partial charge in [0.1, 0.15) is 0 Å². The van der Waals surface area contributed by atoms with Gasteiger partial charge in [-0.2, -0.15) is 0 Å². The highest BCUT2D eigenvalue weighted by atomic mass is 32.1. The molecule has 0 aliphatic rings. The molecule has 5 heteroatoms. The molecule has 18 heavy (non-hydrogen) atoms. The number of nitrogens with one attached hydrogen (secondary N) is 1. The second-order valence-electron chi connectivity index (χ2n) is 3.96. The summed E-state index contributed by atoms with van der Waals surface area (Å²) in [5.74, 6) is -0.0412. The number of amides is 1. The maximum atomic E-state index is 11.8. The Morgan fingerprint density at radius 1 is 1.17 bits per heavy atom. The van der Waals surface area contributed by atoms with E-state index in [1.54, 1.807) is 12.1 Å². The standard InChI is InChI=1S/C13H13NO2S2/c1-9(8-10(15)11-4-2-6-17-11)14-13(16)12-5-3-7-18-12/h2-7,9H,8H2,1H3,(H,14,16)/t9-/m0/s1. The fraction of sp³-hybridized carbons (Fsp3) is 0.231. The van der Waals surface area contributed by atoms with Crippen LogP contribution in [-0.4, -0.2) is 17.7 Å². The predicted octanol–water partition coefficient (Wildman–Crippen LogP) is 3.20. The Labute approximate surface area is 113 Å². The maximum absolute atomic E-state index is 11.8. The third kappa shape index (κ3) is 3.27. The van der Waals surface area contributed by atoms with Crippen molar-refractivity contribution in [2.75, 3.05) is 0 Å². The van der Waals surface area contributed by atoms with Crippen LogP contribution in [0.2, 0.25) is 0 Å². The molecule has 94 valence electrons. The number of carbonyl (C=O) groups excluding carboxylic acids is 2. The zero-order valence-corrected chi connectivity index (χ0v) is 11.5. The van der Waals surface area contributed by atoms with E-state index in [1.165, 1.54) is 22.7 Å². The van der Waals surface area contributed by atoms with Gasteiger partial charge < -0.3 is 5.32 Å². The summed E-state index contributed by atoms with van der Waals surface area (Å²) in [7, 11) is 0. The van der Waals surface area contributed by atoms with Gasteiger partial charge in [-0.25, -0.2) is 0 Å². The van der Waals surface area contributed by atoms with Gasteiger partial charge >= 0.3 is 0 Å². The highest BCUT2D eigenvalue weighted by molar-refractivity contribution is 7.12. The van der Waals surface area contributed by atoms with Crippen LogP contribution in [0.1, 0.15) is 32.7 Å². The third-order valence-corrected chi connectivity index (χ3v) is 4.19. The van der Waals surface area contributed by atoms with E-state index in [1.807, 2.05) is 29.8 Å². The van der Waals surface area contributed by atoms with E-state index in [9.17, 15) is 9.59 Å². The lowest BCUT2D eigenvalue weighted by Crippen LogP contribution is -2.33. The molecule has 0 aliphatic heterocycles. The van der Waals surface area contributed by atoms with Crippen LogP contribution < -0.4 is 5.32 Å². The van der Waals surface area contributed by atoms with E-state index in [0.29, 0.717) is 11.3 Å². The van der Waals surface area contributed by atoms with Gasteiger partial charge in [0.2, 0.25) is 0 Å². The van der Waals surface area contributed by atoms with Crippen LogP contribution in [0.5, 0.6) is 0 Å². The van der Waals surface area contributed by atoms with Crippen molar-refractivity contribution >= 4 is 34.4 Å². The first kappa shape index (κ1) is 13.0. The average molecular weight is 279 g/mol. The number of hydrogen-bond acceptors (Lipinski definition) is 4. The molecule has 0 saturated carbocycles. The Morgan fingerprint density at radius 3 is 2.33 bits per heavy atom. The Hall–Kier alpha value is -1.46. The summed E-state index contributed by atoms with van der Waals surface area (Å²) in [6, 6.07) is 7.11. The maximum Gasteiger partial charge on any atom is 0.261 e. The summed E-state index contributed by atoms with van der Waals surface area (Å²) in [5, 5.41) is 6.57. The predicted molar refractivity (Wildman–Crippen MR) is 74.5 cm³/mol. The molecule has 0 fully saturated rings. The van der Waals surface area contributed by atoms with Gasteiger partial charge in [0.25, 0.3) is 5.91 Å². The van der Waals surface area contributed by atoms with Crippen molar-refractivity contribution in [2.45, 2.75) is 19.4 Å². The van der Waals surface area contributed by atoms with Gasteiger partial charge in [-0.1, -0.05) is 12.1 Å². The molecule has 0 unspecified atom stereocenters. The van der Waals surface area contributed by atoms with Gasteiger partial charge in [0, 0.05) is 12.5 Å². The van der Waals surface area contributed by atoms with Gasteiger partial charge in [0.05, 0.1) is 9.75 Å². The average Bonchev–Trinajstić information content (AvgIpc) is 3.02. The zero-order chi connectivity index (χ0) is 13.0. The van der Waals surface area contributed by atoms with Crippen molar-refractivity contribution in [2.24, 2.45) is 0 Å². The normalized spacial score (nSPS) is 12.1. The second-order valence-corrected chi connectivity index (χ2v) is 5.85. The molecule has 1 amide bonds. The minimum Gasteiger partial charge on any atom is -0.348 e. The molecule has 0 saturated heterocycles. The van der Waals surface area contributed by atoms with E-state index in [0.717, 1.165) is 4.88 Å². The summed E-state index contributed by atoms with van der Waals surface area (Å²) < 4.78 is 0.